The zero-order valence-corrected chi connectivity index (χ0v) is 13.5. The van der Waals surface area contributed by atoms with Crippen LogP contribution < -0.4 is 5.32 Å². The van der Waals surface area contributed by atoms with Crippen LogP contribution in [0.25, 0.3) is 16.9 Å². The SMILES string of the molecule is CC(=O)c1ccc(Nc2ccnc3cc(-c4cccnc4)nn23)cc1. The summed E-state index contributed by atoms with van der Waals surface area (Å²) in [5.74, 6) is 0.835. The fourth-order valence-electron chi connectivity index (χ4n) is 2.58. The summed E-state index contributed by atoms with van der Waals surface area (Å²) in [5, 5.41) is 7.93. The number of nitrogens with zero attached hydrogens (tertiary/aromatic N) is 4. The Morgan fingerprint density at radius 1 is 1.08 bits per heavy atom. The number of Topliss-reactive ketones (excluding diaryl/α,β-unsaturated/α-hetero) is 1. The van der Waals surface area contributed by atoms with E-state index < -0.39 is 0 Å². The van der Waals surface area contributed by atoms with E-state index in [1.807, 2.05) is 36.4 Å². The second-order valence-corrected chi connectivity index (χ2v) is 5.63. The van der Waals surface area contributed by atoms with Crippen molar-refractivity contribution in [3.63, 3.8) is 0 Å². The highest BCUT2D eigenvalue weighted by molar-refractivity contribution is 5.94. The van der Waals surface area contributed by atoms with Crippen LogP contribution in [-0.4, -0.2) is 25.4 Å². The number of hydrogen-bond acceptors (Lipinski definition) is 5. The second kappa shape index (κ2) is 6.16. The van der Waals surface area contributed by atoms with Gasteiger partial charge in [0.2, 0.25) is 0 Å². The average molecular weight is 329 g/mol. The van der Waals surface area contributed by atoms with Crippen molar-refractivity contribution in [2.24, 2.45) is 0 Å². The molecule has 0 spiro atoms. The third kappa shape index (κ3) is 2.97. The van der Waals surface area contributed by atoms with Crippen molar-refractivity contribution < 1.29 is 4.79 Å². The Bertz CT molecular complexity index is 1040. The molecule has 4 aromatic rings. The molecule has 0 saturated carbocycles. The largest absolute Gasteiger partial charge is 0.340 e. The Morgan fingerprint density at radius 3 is 2.64 bits per heavy atom. The van der Waals surface area contributed by atoms with Crippen LogP contribution in [0.5, 0.6) is 0 Å². The van der Waals surface area contributed by atoms with Gasteiger partial charge in [0.05, 0.1) is 5.69 Å². The molecule has 1 N–H and O–H groups in total. The lowest BCUT2D eigenvalue weighted by Crippen LogP contribution is -2.01. The normalized spacial score (nSPS) is 10.8. The molecule has 25 heavy (non-hydrogen) atoms. The lowest BCUT2D eigenvalue weighted by Gasteiger charge is -2.08. The van der Waals surface area contributed by atoms with E-state index in [2.05, 4.69) is 20.4 Å². The molecule has 3 heterocycles. The summed E-state index contributed by atoms with van der Waals surface area (Å²) in [6.07, 6.45) is 5.24. The maximum absolute atomic E-state index is 11.4. The summed E-state index contributed by atoms with van der Waals surface area (Å²) >= 11 is 0. The average Bonchev–Trinajstić information content (AvgIpc) is 3.08. The molecule has 0 bridgehead atoms. The van der Waals surface area contributed by atoms with Gasteiger partial charge in [-0.3, -0.25) is 9.78 Å². The molecule has 0 aliphatic carbocycles. The van der Waals surface area contributed by atoms with Gasteiger partial charge in [0.25, 0.3) is 0 Å². The van der Waals surface area contributed by atoms with E-state index in [0.29, 0.717) is 5.56 Å². The number of nitrogens with one attached hydrogen (secondary N) is 1. The Hall–Kier alpha value is -3.54. The van der Waals surface area contributed by atoms with Crippen LogP contribution in [0.2, 0.25) is 0 Å². The molecular formula is C19H15N5O. The smallest absolute Gasteiger partial charge is 0.159 e. The summed E-state index contributed by atoms with van der Waals surface area (Å²) < 4.78 is 1.75. The first-order valence-electron chi connectivity index (χ1n) is 7.84. The van der Waals surface area contributed by atoms with Crippen LogP contribution in [0.4, 0.5) is 11.5 Å². The molecule has 0 atom stereocenters. The highest BCUT2D eigenvalue weighted by atomic mass is 16.1. The summed E-state index contributed by atoms with van der Waals surface area (Å²) in [4.78, 5) is 19.9. The minimum Gasteiger partial charge on any atom is -0.340 e. The lowest BCUT2D eigenvalue weighted by molar-refractivity contribution is 0.101. The maximum Gasteiger partial charge on any atom is 0.159 e. The molecule has 4 rings (SSSR count). The number of ketones is 1. The van der Waals surface area contributed by atoms with Crippen LogP contribution in [0, 0.1) is 0 Å². The Labute approximate surface area is 144 Å². The minimum atomic E-state index is 0.0473. The molecule has 6 heteroatoms. The van der Waals surface area contributed by atoms with E-state index in [0.717, 1.165) is 28.4 Å². The van der Waals surface area contributed by atoms with Crippen LogP contribution in [0.15, 0.2) is 67.1 Å². The second-order valence-electron chi connectivity index (χ2n) is 5.63. The molecule has 0 fully saturated rings. The van der Waals surface area contributed by atoms with Gasteiger partial charge in [0.1, 0.15) is 5.82 Å². The summed E-state index contributed by atoms with van der Waals surface area (Å²) in [6, 6.07) is 14.9. The Balaban J connectivity index is 1.70. The fraction of sp³-hybridized carbons (Fsp3) is 0.0526. The Morgan fingerprint density at radius 2 is 1.92 bits per heavy atom. The number of aromatic nitrogens is 4. The zero-order chi connectivity index (χ0) is 17.2. The number of carbonyl (C=O) groups is 1. The lowest BCUT2D eigenvalue weighted by atomic mass is 10.1. The van der Waals surface area contributed by atoms with Crippen LogP contribution in [-0.2, 0) is 0 Å². The van der Waals surface area contributed by atoms with Crippen LogP contribution in [0.1, 0.15) is 17.3 Å². The monoisotopic (exact) mass is 329 g/mol. The molecule has 0 aliphatic rings. The predicted molar refractivity (Wildman–Crippen MR) is 95.9 cm³/mol. The standard InChI is InChI=1S/C19H15N5O/c1-13(25)14-4-6-16(7-5-14)22-18-8-10-21-19-11-17(23-24(18)19)15-3-2-9-20-12-15/h2-12,22H,1H3. The van der Waals surface area contributed by atoms with Crippen LogP contribution in [0.3, 0.4) is 0 Å². The van der Waals surface area contributed by atoms with Crippen LogP contribution >= 0.6 is 0 Å². The topological polar surface area (TPSA) is 72.2 Å². The van der Waals surface area contributed by atoms with Crippen molar-refractivity contribution in [1.82, 2.24) is 19.6 Å². The van der Waals surface area contributed by atoms with Crippen molar-refractivity contribution >= 4 is 22.9 Å². The molecule has 0 amide bonds. The molecule has 0 saturated heterocycles. The summed E-state index contributed by atoms with van der Waals surface area (Å²) in [6.45, 7) is 1.55. The van der Waals surface area contributed by atoms with E-state index in [1.54, 1.807) is 42.2 Å². The number of rotatable bonds is 4. The van der Waals surface area contributed by atoms with Gasteiger partial charge in [0, 0.05) is 41.5 Å². The van der Waals surface area contributed by atoms with E-state index >= 15 is 0 Å². The quantitative estimate of drug-likeness (QED) is 0.578. The molecular weight excluding hydrogens is 314 g/mol. The number of pyridine rings is 1. The molecule has 0 radical (unpaired) electrons. The molecule has 0 unspecified atom stereocenters. The van der Waals surface area contributed by atoms with E-state index in [9.17, 15) is 4.79 Å². The maximum atomic E-state index is 11.4. The third-order valence-corrected chi connectivity index (χ3v) is 3.88. The molecule has 3 aromatic heterocycles. The first kappa shape index (κ1) is 15.0. The van der Waals surface area contributed by atoms with Gasteiger partial charge in [-0.05, 0) is 49.4 Å². The fourth-order valence-corrected chi connectivity index (χ4v) is 2.58. The van der Waals surface area contributed by atoms with Crippen molar-refractivity contribution in [3.05, 3.63) is 72.7 Å². The van der Waals surface area contributed by atoms with Crippen molar-refractivity contribution in [1.29, 1.82) is 0 Å². The van der Waals surface area contributed by atoms with Crippen molar-refractivity contribution in [3.8, 4) is 11.3 Å². The third-order valence-electron chi connectivity index (χ3n) is 3.88. The van der Waals surface area contributed by atoms with Crippen molar-refractivity contribution in [2.75, 3.05) is 5.32 Å². The molecule has 6 nitrogen and oxygen atoms in total. The number of anilines is 2. The van der Waals surface area contributed by atoms with E-state index in [4.69, 9.17) is 0 Å². The molecule has 0 aliphatic heterocycles. The number of hydrogen-bond donors (Lipinski definition) is 1. The summed E-state index contributed by atoms with van der Waals surface area (Å²) in [7, 11) is 0. The zero-order valence-electron chi connectivity index (χ0n) is 13.5. The first-order valence-corrected chi connectivity index (χ1v) is 7.84. The summed E-state index contributed by atoms with van der Waals surface area (Å²) in [5.41, 5.74) is 4.04. The van der Waals surface area contributed by atoms with E-state index in [1.165, 1.54) is 0 Å². The predicted octanol–water partition coefficient (Wildman–Crippen LogP) is 3.74. The van der Waals surface area contributed by atoms with Gasteiger partial charge in [-0.25, -0.2) is 4.98 Å². The first-order chi connectivity index (χ1) is 12.2. The van der Waals surface area contributed by atoms with Gasteiger partial charge in [0.15, 0.2) is 11.4 Å². The molecule has 1 aromatic carbocycles. The van der Waals surface area contributed by atoms with Gasteiger partial charge >= 0.3 is 0 Å². The highest BCUT2D eigenvalue weighted by Crippen LogP contribution is 2.22. The van der Waals surface area contributed by atoms with Gasteiger partial charge in [-0.1, -0.05) is 0 Å². The van der Waals surface area contributed by atoms with Gasteiger partial charge < -0.3 is 5.32 Å². The van der Waals surface area contributed by atoms with Crippen molar-refractivity contribution in [2.45, 2.75) is 6.92 Å². The van der Waals surface area contributed by atoms with Gasteiger partial charge in [-0.15, -0.1) is 0 Å². The highest BCUT2D eigenvalue weighted by Gasteiger charge is 2.09. The Kier molecular flexibility index (Phi) is 3.70. The number of benzene rings is 1. The number of carbonyl (C=O) groups excluding carboxylic acids is 1. The molecule has 122 valence electrons. The minimum absolute atomic E-state index is 0.0473. The van der Waals surface area contributed by atoms with Gasteiger partial charge in [-0.2, -0.15) is 9.61 Å². The number of fused-ring (bicyclic) bond motifs is 1. The van der Waals surface area contributed by atoms with E-state index in [-0.39, 0.29) is 5.78 Å².